The highest BCUT2D eigenvalue weighted by Gasteiger charge is 2.32. The van der Waals surface area contributed by atoms with E-state index in [1.165, 1.54) is 4.90 Å². The van der Waals surface area contributed by atoms with Gasteiger partial charge in [0, 0.05) is 12.6 Å². The van der Waals surface area contributed by atoms with Crippen LogP contribution in [0.4, 0.5) is 5.69 Å². The molecule has 0 saturated heterocycles. The lowest BCUT2D eigenvalue weighted by Gasteiger charge is -2.33. The maximum atomic E-state index is 13.7. The van der Waals surface area contributed by atoms with E-state index in [-0.39, 0.29) is 24.4 Å². The first kappa shape index (κ1) is 30.9. The fourth-order valence-corrected chi connectivity index (χ4v) is 5.00. The molecular formula is C27H37Cl2N3O4S. The Bertz CT molecular complexity index is 1190. The standard InChI is InChI=1S/C27H37Cl2N3O4S/c1-7-19(5)30-27(34)25(8-2)31(16-20-9-14-23(28)24(29)15-20)26(33)17-32(37(6,35)36)22-12-10-21(11-13-22)18(3)4/h9-15,18-19,25H,7-8,16-17H2,1-6H3,(H,30,34)/t19-,25+/m1/s1. The molecule has 37 heavy (non-hydrogen) atoms. The van der Waals surface area contributed by atoms with E-state index in [0.717, 1.165) is 22.5 Å². The molecule has 0 fully saturated rings. The molecule has 2 aromatic rings. The van der Waals surface area contributed by atoms with Crippen LogP contribution in [0, 0.1) is 0 Å². The molecule has 0 aliphatic heterocycles. The van der Waals surface area contributed by atoms with E-state index in [1.54, 1.807) is 30.3 Å². The normalized spacial score (nSPS) is 13.2. The second-order valence-electron chi connectivity index (χ2n) is 9.53. The Morgan fingerprint density at radius 3 is 2.05 bits per heavy atom. The molecule has 2 rings (SSSR count). The molecule has 0 unspecified atom stereocenters. The maximum absolute atomic E-state index is 13.7. The largest absolute Gasteiger partial charge is 0.352 e. The minimum atomic E-state index is -3.79. The number of sulfonamides is 1. The van der Waals surface area contributed by atoms with Crippen LogP contribution in [0.1, 0.15) is 64.5 Å². The Labute approximate surface area is 231 Å². The van der Waals surface area contributed by atoms with Gasteiger partial charge in [-0.3, -0.25) is 13.9 Å². The zero-order valence-electron chi connectivity index (χ0n) is 22.3. The Morgan fingerprint density at radius 2 is 1.57 bits per heavy atom. The summed E-state index contributed by atoms with van der Waals surface area (Å²) in [7, 11) is -3.79. The maximum Gasteiger partial charge on any atom is 0.244 e. The summed E-state index contributed by atoms with van der Waals surface area (Å²) in [5.41, 5.74) is 2.11. The van der Waals surface area contributed by atoms with Crippen LogP contribution in [0.25, 0.3) is 0 Å². The van der Waals surface area contributed by atoms with Crippen LogP contribution < -0.4 is 9.62 Å². The highest BCUT2D eigenvalue weighted by atomic mass is 35.5. The molecule has 0 radical (unpaired) electrons. The van der Waals surface area contributed by atoms with Gasteiger partial charge in [-0.15, -0.1) is 0 Å². The molecule has 0 spiro atoms. The van der Waals surface area contributed by atoms with E-state index >= 15 is 0 Å². The summed E-state index contributed by atoms with van der Waals surface area (Å²) in [6.07, 6.45) is 2.14. The summed E-state index contributed by atoms with van der Waals surface area (Å²) >= 11 is 12.3. The van der Waals surface area contributed by atoms with Gasteiger partial charge < -0.3 is 10.2 Å². The van der Waals surface area contributed by atoms with Gasteiger partial charge in [0.15, 0.2) is 0 Å². The quantitative estimate of drug-likeness (QED) is 0.360. The van der Waals surface area contributed by atoms with E-state index in [0.29, 0.717) is 27.7 Å². The van der Waals surface area contributed by atoms with Gasteiger partial charge in [-0.25, -0.2) is 8.42 Å². The third-order valence-corrected chi connectivity index (χ3v) is 8.13. The molecule has 2 amide bonds. The summed E-state index contributed by atoms with van der Waals surface area (Å²) in [6, 6.07) is 11.2. The van der Waals surface area contributed by atoms with E-state index in [4.69, 9.17) is 23.2 Å². The van der Waals surface area contributed by atoms with Crippen LogP contribution in [0.5, 0.6) is 0 Å². The number of amides is 2. The van der Waals surface area contributed by atoms with Crippen molar-refractivity contribution in [2.75, 3.05) is 17.1 Å². The average Bonchev–Trinajstić information content (AvgIpc) is 2.83. The van der Waals surface area contributed by atoms with Crippen molar-refractivity contribution >= 4 is 50.7 Å². The molecule has 10 heteroatoms. The number of carbonyl (C=O) groups excluding carboxylic acids is 2. The molecule has 0 aromatic heterocycles. The molecule has 2 atom stereocenters. The molecule has 0 aliphatic rings. The minimum Gasteiger partial charge on any atom is -0.352 e. The van der Waals surface area contributed by atoms with E-state index < -0.39 is 28.5 Å². The summed E-state index contributed by atoms with van der Waals surface area (Å²) < 4.78 is 26.6. The van der Waals surface area contributed by atoms with E-state index in [1.807, 2.05) is 46.8 Å². The molecule has 0 heterocycles. The Morgan fingerprint density at radius 1 is 0.946 bits per heavy atom. The number of carbonyl (C=O) groups is 2. The number of anilines is 1. The molecule has 0 saturated carbocycles. The van der Waals surface area contributed by atoms with Crippen molar-refractivity contribution in [2.45, 2.75) is 72.0 Å². The molecule has 0 aliphatic carbocycles. The Hall–Kier alpha value is -2.29. The number of hydrogen-bond acceptors (Lipinski definition) is 4. The van der Waals surface area contributed by atoms with E-state index in [2.05, 4.69) is 5.32 Å². The monoisotopic (exact) mass is 569 g/mol. The molecule has 2 aromatic carbocycles. The van der Waals surface area contributed by atoms with Crippen molar-refractivity contribution < 1.29 is 18.0 Å². The summed E-state index contributed by atoms with van der Waals surface area (Å²) in [5, 5.41) is 3.64. The fraction of sp³-hybridized carbons (Fsp3) is 0.481. The highest BCUT2D eigenvalue weighted by molar-refractivity contribution is 7.92. The number of halogens is 2. The lowest BCUT2D eigenvalue weighted by Crippen LogP contribution is -2.53. The summed E-state index contributed by atoms with van der Waals surface area (Å²) in [4.78, 5) is 28.3. The topological polar surface area (TPSA) is 86.8 Å². The predicted octanol–water partition coefficient (Wildman–Crippen LogP) is 5.60. The first-order valence-electron chi connectivity index (χ1n) is 12.4. The summed E-state index contributed by atoms with van der Waals surface area (Å²) in [6.45, 7) is 9.36. The van der Waals surface area contributed by atoms with Gasteiger partial charge in [0.1, 0.15) is 12.6 Å². The zero-order chi connectivity index (χ0) is 27.9. The van der Waals surface area contributed by atoms with Crippen molar-refractivity contribution in [1.82, 2.24) is 10.2 Å². The van der Waals surface area contributed by atoms with Crippen LogP contribution in [-0.4, -0.2) is 50.0 Å². The van der Waals surface area contributed by atoms with Gasteiger partial charge in [-0.1, -0.05) is 69.1 Å². The molecule has 1 N–H and O–H groups in total. The second kappa shape index (κ2) is 13.5. The average molecular weight is 571 g/mol. The molecule has 0 bridgehead atoms. The SMILES string of the molecule is CC[C@@H](C)NC(=O)[C@H](CC)N(Cc1ccc(Cl)c(Cl)c1)C(=O)CN(c1ccc(C(C)C)cc1)S(C)(=O)=O. The van der Waals surface area contributed by atoms with Crippen molar-refractivity contribution in [3.63, 3.8) is 0 Å². The third kappa shape index (κ3) is 8.62. The number of nitrogens with zero attached hydrogens (tertiary/aromatic N) is 2. The van der Waals surface area contributed by atoms with Crippen molar-refractivity contribution in [3.05, 3.63) is 63.6 Å². The lowest BCUT2D eigenvalue weighted by molar-refractivity contribution is -0.140. The minimum absolute atomic E-state index is 0.0616. The Kier molecular flexibility index (Phi) is 11.3. The van der Waals surface area contributed by atoms with Crippen LogP contribution in [0.3, 0.4) is 0 Å². The number of nitrogens with one attached hydrogen (secondary N) is 1. The van der Waals surface area contributed by atoms with Gasteiger partial charge in [0.2, 0.25) is 21.8 Å². The predicted molar refractivity (Wildman–Crippen MR) is 152 cm³/mol. The zero-order valence-corrected chi connectivity index (χ0v) is 24.6. The van der Waals surface area contributed by atoms with Crippen LogP contribution in [-0.2, 0) is 26.2 Å². The third-order valence-electron chi connectivity index (χ3n) is 6.25. The van der Waals surface area contributed by atoms with Crippen molar-refractivity contribution in [3.8, 4) is 0 Å². The molecule has 7 nitrogen and oxygen atoms in total. The van der Waals surface area contributed by atoms with Crippen molar-refractivity contribution in [2.24, 2.45) is 0 Å². The molecular weight excluding hydrogens is 533 g/mol. The Balaban J connectivity index is 2.46. The van der Waals surface area contributed by atoms with Gasteiger partial charge in [0.05, 0.1) is 22.0 Å². The fourth-order valence-electron chi connectivity index (χ4n) is 3.83. The first-order valence-corrected chi connectivity index (χ1v) is 15.0. The van der Waals surface area contributed by atoms with Crippen LogP contribution in [0.15, 0.2) is 42.5 Å². The number of hydrogen-bond donors (Lipinski definition) is 1. The van der Waals surface area contributed by atoms with Gasteiger partial charge >= 0.3 is 0 Å². The lowest BCUT2D eigenvalue weighted by atomic mass is 10.0. The second-order valence-corrected chi connectivity index (χ2v) is 12.2. The first-order chi connectivity index (χ1) is 17.3. The number of benzene rings is 2. The number of rotatable bonds is 12. The van der Waals surface area contributed by atoms with Gasteiger partial charge in [-0.05, 0) is 61.1 Å². The smallest absolute Gasteiger partial charge is 0.244 e. The van der Waals surface area contributed by atoms with E-state index in [9.17, 15) is 18.0 Å². The van der Waals surface area contributed by atoms with Gasteiger partial charge in [-0.2, -0.15) is 0 Å². The van der Waals surface area contributed by atoms with Gasteiger partial charge in [0.25, 0.3) is 0 Å². The van der Waals surface area contributed by atoms with Crippen LogP contribution >= 0.6 is 23.2 Å². The summed E-state index contributed by atoms with van der Waals surface area (Å²) in [5.74, 6) is -0.522. The highest BCUT2D eigenvalue weighted by Crippen LogP contribution is 2.25. The van der Waals surface area contributed by atoms with Crippen LogP contribution in [0.2, 0.25) is 10.0 Å². The van der Waals surface area contributed by atoms with Crippen molar-refractivity contribution in [1.29, 1.82) is 0 Å². The molecule has 204 valence electrons.